The summed E-state index contributed by atoms with van der Waals surface area (Å²) in [6, 6.07) is 4.49. The summed E-state index contributed by atoms with van der Waals surface area (Å²) < 4.78 is 27.0. The molecule has 0 bridgehead atoms. The molecule has 0 spiro atoms. The smallest absolute Gasteiger partial charge is 0.162 e. The van der Waals surface area contributed by atoms with Crippen LogP contribution in [0.25, 0.3) is 0 Å². The fourth-order valence-corrected chi connectivity index (χ4v) is 2.81. The molecule has 0 atom stereocenters. The van der Waals surface area contributed by atoms with E-state index in [0.717, 1.165) is 25.9 Å². The van der Waals surface area contributed by atoms with Gasteiger partial charge in [0.25, 0.3) is 0 Å². The number of hydrogen-bond acceptors (Lipinski definition) is 1. The van der Waals surface area contributed by atoms with Crippen LogP contribution in [0.4, 0.5) is 8.78 Å². The first-order chi connectivity index (χ1) is 9.02. The number of benzene rings is 1. The topological polar surface area (TPSA) is 12.0 Å². The van der Waals surface area contributed by atoms with Crippen molar-refractivity contribution in [2.45, 2.75) is 39.5 Å². The van der Waals surface area contributed by atoms with E-state index < -0.39 is 11.6 Å². The molecule has 0 aliphatic heterocycles. The molecule has 3 heteroatoms. The van der Waals surface area contributed by atoms with Crippen molar-refractivity contribution in [2.24, 2.45) is 11.3 Å². The van der Waals surface area contributed by atoms with E-state index in [1.54, 1.807) is 12.1 Å². The van der Waals surface area contributed by atoms with Crippen molar-refractivity contribution >= 4 is 0 Å². The van der Waals surface area contributed by atoms with Crippen molar-refractivity contribution in [3.8, 4) is 0 Å². The fraction of sp³-hybridized carbons (Fsp3) is 0.625. The number of nitrogens with one attached hydrogen (secondary N) is 1. The zero-order valence-electron chi connectivity index (χ0n) is 11.8. The van der Waals surface area contributed by atoms with Crippen molar-refractivity contribution in [1.82, 2.24) is 5.32 Å². The average Bonchev–Trinajstić information content (AvgIpc) is 2.31. The molecule has 1 aliphatic rings. The van der Waals surface area contributed by atoms with Gasteiger partial charge in [0.2, 0.25) is 0 Å². The number of hydrogen-bond donors (Lipinski definition) is 1. The highest BCUT2D eigenvalue weighted by molar-refractivity contribution is 5.21. The van der Waals surface area contributed by atoms with Crippen molar-refractivity contribution in [1.29, 1.82) is 0 Å². The normalized spacial score (nSPS) is 17.5. The van der Waals surface area contributed by atoms with Gasteiger partial charge in [0.1, 0.15) is 0 Å². The monoisotopic (exact) mass is 267 g/mol. The van der Waals surface area contributed by atoms with Crippen LogP contribution >= 0.6 is 0 Å². The largest absolute Gasteiger partial charge is 0.316 e. The van der Waals surface area contributed by atoms with Crippen molar-refractivity contribution in [2.75, 3.05) is 13.1 Å². The predicted octanol–water partition coefficient (Wildman–Crippen LogP) is 3.92. The summed E-state index contributed by atoms with van der Waals surface area (Å²) in [6.07, 6.45) is 4.05. The molecule has 0 unspecified atom stereocenters. The molecule has 0 aromatic heterocycles. The Balaban J connectivity index is 2.00. The maximum Gasteiger partial charge on any atom is 0.162 e. The quantitative estimate of drug-likeness (QED) is 0.823. The summed E-state index contributed by atoms with van der Waals surface area (Å²) in [5.74, 6) is -0.789. The molecule has 2 rings (SSSR count). The van der Waals surface area contributed by atoms with E-state index in [9.17, 15) is 8.78 Å². The minimum atomic E-state index is -0.734. The van der Waals surface area contributed by atoms with E-state index >= 15 is 0 Å². The minimum absolute atomic E-state index is 0.128. The molecule has 1 aromatic carbocycles. The van der Waals surface area contributed by atoms with Gasteiger partial charge in [0, 0.05) is 6.54 Å². The maximum absolute atomic E-state index is 13.7. The molecule has 1 saturated carbocycles. The standard InChI is InChI=1S/C16H23F2N/c1-12(2)10-19-11-16(7-4-8-16)9-13-5-3-6-14(17)15(13)18/h3,5-6,12,19H,4,7-11H2,1-2H3. The summed E-state index contributed by atoms with van der Waals surface area (Å²) in [5, 5.41) is 3.47. The van der Waals surface area contributed by atoms with E-state index in [2.05, 4.69) is 19.2 Å². The molecule has 1 fully saturated rings. The average molecular weight is 267 g/mol. The van der Waals surface area contributed by atoms with Crippen LogP contribution in [0.1, 0.15) is 38.7 Å². The van der Waals surface area contributed by atoms with E-state index in [0.29, 0.717) is 17.9 Å². The van der Waals surface area contributed by atoms with Crippen LogP contribution < -0.4 is 5.32 Å². The van der Waals surface area contributed by atoms with Gasteiger partial charge in [0.05, 0.1) is 0 Å². The van der Waals surface area contributed by atoms with Crippen LogP contribution in [-0.2, 0) is 6.42 Å². The SMILES string of the molecule is CC(C)CNCC1(Cc2cccc(F)c2F)CCC1. The Bertz CT molecular complexity index is 425. The lowest BCUT2D eigenvalue weighted by Gasteiger charge is -2.42. The first kappa shape index (κ1) is 14.4. The Hall–Kier alpha value is -0.960. The number of rotatable bonds is 6. The minimum Gasteiger partial charge on any atom is -0.316 e. The maximum atomic E-state index is 13.7. The van der Waals surface area contributed by atoms with Gasteiger partial charge < -0.3 is 5.32 Å². The highest BCUT2D eigenvalue weighted by Crippen LogP contribution is 2.43. The highest BCUT2D eigenvalue weighted by atomic mass is 19.2. The van der Waals surface area contributed by atoms with Crippen LogP contribution in [0.15, 0.2) is 18.2 Å². The van der Waals surface area contributed by atoms with Crippen molar-refractivity contribution < 1.29 is 8.78 Å². The third-order valence-corrected chi connectivity index (χ3v) is 4.06. The summed E-state index contributed by atoms with van der Waals surface area (Å²) in [4.78, 5) is 0. The summed E-state index contributed by atoms with van der Waals surface area (Å²) in [5.41, 5.74) is 0.648. The lowest BCUT2D eigenvalue weighted by Crippen LogP contribution is -2.42. The Morgan fingerprint density at radius 3 is 2.58 bits per heavy atom. The van der Waals surface area contributed by atoms with Crippen LogP contribution in [0.2, 0.25) is 0 Å². The Labute approximate surface area is 114 Å². The molecule has 0 amide bonds. The van der Waals surface area contributed by atoms with Crippen LogP contribution in [0.5, 0.6) is 0 Å². The Kier molecular flexibility index (Phi) is 4.56. The van der Waals surface area contributed by atoms with Gasteiger partial charge in [-0.15, -0.1) is 0 Å². The van der Waals surface area contributed by atoms with Crippen LogP contribution in [0, 0.1) is 23.0 Å². The van der Waals surface area contributed by atoms with Crippen molar-refractivity contribution in [3.05, 3.63) is 35.4 Å². The number of halogens is 2. The van der Waals surface area contributed by atoms with Crippen molar-refractivity contribution in [3.63, 3.8) is 0 Å². The molecule has 1 aromatic rings. The van der Waals surface area contributed by atoms with Gasteiger partial charge in [-0.05, 0) is 48.8 Å². The lowest BCUT2D eigenvalue weighted by molar-refractivity contribution is 0.127. The predicted molar refractivity (Wildman–Crippen MR) is 74.1 cm³/mol. The zero-order chi connectivity index (χ0) is 13.9. The Morgan fingerprint density at radius 2 is 2.00 bits per heavy atom. The third kappa shape index (κ3) is 3.53. The molecule has 1 N–H and O–H groups in total. The van der Waals surface area contributed by atoms with E-state index in [1.807, 2.05) is 0 Å². The second-order valence-corrected chi connectivity index (χ2v) is 6.27. The van der Waals surface area contributed by atoms with Gasteiger partial charge in [-0.25, -0.2) is 8.78 Å². The summed E-state index contributed by atoms with van der Waals surface area (Å²) in [7, 11) is 0. The van der Waals surface area contributed by atoms with E-state index in [-0.39, 0.29) is 5.41 Å². The van der Waals surface area contributed by atoms with Gasteiger partial charge in [-0.2, -0.15) is 0 Å². The molecule has 0 saturated heterocycles. The van der Waals surface area contributed by atoms with Crippen LogP contribution in [-0.4, -0.2) is 13.1 Å². The first-order valence-corrected chi connectivity index (χ1v) is 7.16. The van der Waals surface area contributed by atoms with E-state index in [4.69, 9.17) is 0 Å². The van der Waals surface area contributed by atoms with Gasteiger partial charge in [0.15, 0.2) is 11.6 Å². The lowest BCUT2D eigenvalue weighted by atomic mass is 9.65. The highest BCUT2D eigenvalue weighted by Gasteiger charge is 2.37. The zero-order valence-corrected chi connectivity index (χ0v) is 11.8. The summed E-state index contributed by atoms with van der Waals surface area (Å²) >= 11 is 0. The first-order valence-electron chi connectivity index (χ1n) is 7.16. The molecular weight excluding hydrogens is 244 g/mol. The molecule has 1 nitrogen and oxygen atoms in total. The second-order valence-electron chi connectivity index (χ2n) is 6.27. The molecular formula is C16H23F2N. The Morgan fingerprint density at radius 1 is 1.26 bits per heavy atom. The van der Waals surface area contributed by atoms with Gasteiger partial charge >= 0.3 is 0 Å². The molecule has 1 aliphatic carbocycles. The molecule has 19 heavy (non-hydrogen) atoms. The third-order valence-electron chi connectivity index (χ3n) is 4.06. The fourth-order valence-electron chi connectivity index (χ4n) is 2.81. The second kappa shape index (κ2) is 6.00. The van der Waals surface area contributed by atoms with Gasteiger partial charge in [-0.3, -0.25) is 0 Å². The molecule has 0 radical (unpaired) electrons. The molecule has 0 heterocycles. The summed E-state index contributed by atoms with van der Waals surface area (Å²) in [6.45, 7) is 6.23. The van der Waals surface area contributed by atoms with E-state index in [1.165, 1.54) is 12.5 Å². The van der Waals surface area contributed by atoms with Gasteiger partial charge in [-0.1, -0.05) is 32.4 Å². The molecule has 106 valence electrons. The van der Waals surface area contributed by atoms with Crippen LogP contribution in [0.3, 0.4) is 0 Å².